The third-order valence-corrected chi connectivity index (χ3v) is 3.47. The van der Waals surface area contributed by atoms with Crippen molar-refractivity contribution in [3.63, 3.8) is 0 Å². The van der Waals surface area contributed by atoms with E-state index >= 15 is 0 Å². The number of carbonyl (C=O) groups is 1. The molecule has 0 aliphatic rings. The van der Waals surface area contributed by atoms with Gasteiger partial charge in [0, 0.05) is 35.7 Å². The molecule has 0 radical (unpaired) electrons. The Bertz CT molecular complexity index is 508. The van der Waals surface area contributed by atoms with Crippen molar-refractivity contribution < 1.29 is 9.53 Å². The lowest BCUT2D eigenvalue weighted by molar-refractivity contribution is 0.0193. The molecule has 1 aromatic rings. The minimum atomic E-state index is -0.491. The van der Waals surface area contributed by atoms with Crippen LogP contribution < -0.4 is 5.32 Å². The molecule has 1 amide bonds. The molecule has 0 aliphatic carbocycles. The predicted molar refractivity (Wildman–Crippen MR) is 96.2 cm³/mol. The average molecular weight is 361 g/mol. The van der Waals surface area contributed by atoms with Crippen LogP contribution in [0.4, 0.5) is 4.79 Å². The number of nitrogens with one attached hydrogen (secondary N) is 1. The van der Waals surface area contributed by atoms with Crippen molar-refractivity contribution in [1.29, 1.82) is 0 Å². The molecule has 130 valence electrons. The lowest BCUT2D eigenvalue weighted by Crippen LogP contribution is -2.44. The SMILES string of the molecule is CC(C)N(CCNCc1cc(Cl)cc(Cl)c1)C(=O)OC(C)(C)C. The van der Waals surface area contributed by atoms with Gasteiger partial charge in [-0.1, -0.05) is 23.2 Å². The Labute approximate surface area is 149 Å². The minimum absolute atomic E-state index is 0.0762. The standard InChI is InChI=1S/C17H26Cl2N2O2/c1-12(2)21(16(22)23-17(3,4)5)7-6-20-11-13-8-14(18)10-15(19)9-13/h8-10,12,20H,6-7,11H2,1-5H3. The number of ether oxygens (including phenoxy) is 1. The Hall–Kier alpha value is -0.970. The summed E-state index contributed by atoms with van der Waals surface area (Å²) in [6.45, 7) is 11.4. The first kappa shape index (κ1) is 20.1. The highest BCUT2D eigenvalue weighted by molar-refractivity contribution is 6.34. The zero-order valence-electron chi connectivity index (χ0n) is 14.5. The zero-order chi connectivity index (χ0) is 17.6. The third-order valence-electron chi connectivity index (χ3n) is 3.03. The second-order valence-corrected chi connectivity index (χ2v) is 7.59. The highest BCUT2D eigenvalue weighted by atomic mass is 35.5. The summed E-state index contributed by atoms with van der Waals surface area (Å²) in [5.74, 6) is 0. The van der Waals surface area contributed by atoms with Crippen LogP contribution in [-0.4, -0.2) is 35.7 Å². The maximum Gasteiger partial charge on any atom is 0.410 e. The van der Waals surface area contributed by atoms with Crippen molar-refractivity contribution in [3.05, 3.63) is 33.8 Å². The van der Waals surface area contributed by atoms with Gasteiger partial charge in [-0.25, -0.2) is 4.79 Å². The Morgan fingerprint density at radius 2 is 1.78 bits per heavy atom. The lowest BCUT2D eigenvalue weighted by Gasteiger charge is -2.30. The predicted octanol–water partition coefficient (Wildman–Crippen LogP) is 4.73. The van der Waals surface area contributed by atoms with Crippen LogP contribution in [0.15, 0.2) is 18.2 Å². The van der Waals surface area contributed by atoms with Crippen molar-refractivity contribution in [2.24, 2.45) is 0 Å². The van der Waals surface area contributed by atoms with E-state index < -0.39 is 5.60 Å². The number of amides is 1. The molecule has 0 bridgehead atoms. The quantitative estimate of drug-likeness (QED) is 0.745. The monoisotopic (exact) mass is 360 g/mol. The molecule has 4 nitrogen and oxygen atoms in total. The van der Waals surface area contributed by atoms with Gasteiger partial charge in [-0.05, 0) is 58.4 Å². The van der Waals surface area contributed by atoms with Crippen LogP contribution in [0.25, 0.3) is 0 Å². The highest BCUT2D eigenvalue weighted by Crippen LogP contribution is 2.18. The van der Waals surface area contributed by atoms with Crippen molar-refractivity contribution >= 4 is 29.3 Å². The molecular formula is C17H26Cl2N2O2. The first-order valence-corrected chi connectivity index (χ1v) is 8.49. The van der Waals surface area contributed by atoms with E-state index in [0.29, 0.717) is 29.7 Å². The first-order valence-electron chi connectivity index (χ1n) is 7.74. The van der Waals surface area contributed by atoms with E-state index in [1.807, 2.05) is 46.8 Å². The summed E-state index contributed by atoms with van der Waals surface area (Å²) in [5, 5.41) is 4.53. The summed E-state index contributed by atoms with van der Waals surface area (Å²) in [7, 11) is 0. The van der Waals surface area contributed by atoms with E-state index in [9.17, 15) is 4.79 Å². The molecule has 23 heavy (non-hydrogen) atoms. The van der Waals surface area contributed by atoms with E-state index in [-0.39, 0.29) is 12.1 Å². The molecule has 1 rings (SSSR count). The Kier molecular flexibility index (Phi) is 7.65. The third kappa shape index (κ3) is 7.91. The van der Waals surface area contributed by atoms with Gasteiger partial charge in [0.05, 0.1) is 0 Å². The van der Waals surface area contributed by atoms with E-state index in [4.69, 9.17) is 27.9 Å². The molecule has 1 aromatic carbocycles. The van der Waals surface area contributed by atoms with Gasteiger partial charge in [-0.3, -0.25) is 0 Å². The summed E-state index contributed by atoms with van der Waals surface area (Å²) < 4.78 is 5.43. The summed E-state index contributed by atoms with van der Waals surface area (Å²) in [4.78, 5) is 13.9. The number of hydrogen-bond donors (Lipinski definition) is 1. The number of benzene rings is 1. The maximum absolute atomic E-state index is 12.2. The lowest BCUT2D eigenvalue weighted by atomic mass is 10.2. The van der Waals surface area contributed by atoms with E-state index in [1.54, 1.807) is 11.0 Å². The Morgan fingerprint density at radius 1 is 1.22 bits per heavy atom. The number of halogens is 2. The fourth-order valence-corrected chi connectivity index (χ4v) is 2.60. The fourth-order valence-electron chi connectivity index (χ4n) is 2.03. The van der Waals surface area contributed by atoms with E-state index in [0.717, 1.165) is 5.56 Å². The van der Waals surface area contributed by atoms with Gasteiger partial charge in [0.1, 0.15) is 5.60 Å². The minimum Gasteiger partial charge on any atom is -0.444 e. The average Bonchev–Trinajstić information content (AvgIpc) is 2.34. The molecule has 0 aliphatic heterocycles. The van der Waals surface area contributed by atoms with Crippen LogP contribution in [0.5, 0.6) is 0 Å². The molecule has 1 N–H and O–H groups in total. The number of nitrogens with zero attached hydrogens (tertiary/aromatic N) is 1. The fraction of sp³-hybridized carbons (Fsp3) is 0.588. The molecule has 0 saturated heterocycles. The Balaban J connectivity index is 2.48. The smallest absolute Gasteiger partial charge is 0.410 e. The van der Waals surface area contributed by atoms with Gasteiger partial charge < -0.3 is 15.0 Å². The molecule has 6 heteroatoms. The summed E-state index contributed by atoms with van der Waals surface area (Å²) in [5.41, 5.74) is 0.519. The van der Waals surface area contributed by atoms with Crippen molar-refractivity contribution in [3.8, 4) is 0 Å². The van der Waals surface area contributed by atoms with Crippen LogP contribution in [0, 0.1) is 0 Å². The summed E-state index contributed by atoms with van der Waals surface area (Å²) >= 11 is 12.0. The van der Waals surface area contributed by atoms with Gasteiger partial charge in [0.2, 0.25) is 0 Å². The molecule has 0 aromatic heterocycles. The number of hydrogen-bond acceptors (Lipinski definition) is 3. The van der Waals surface area contributed by atoms with Gasteiger partial charge in [-0.15, -0.1) is 0 Å². The van der Waals surface area contributed by atoms with Crippen LogP contribution in [0.3, 0.4) is 0 Å². The van der Waals surface area contributed by atoms with Crippen LogP contribution in [0.2, 0.25) is 10.0 Å². The maximum atomic E-state index is 12.2. The largest absolute Gasteiger partial charge is 0.444 e. The van der Waals surface area contributed by atoms with Crippen LogP contribution in [0.1, 0.15) is 40.2 Å². The molecule has 0 spiro atoms. The number of carbonyl (C=O) groups excluding carboxylic acids is 1. The second kappa shape index (κ2) is 8.76. The zero-order valence-corrected chi connectivity index (χ0v) is 16.0. The second-order valence-electron chi connectivity index (χ2n) is 6.72. The normalized spacial score (nSPS) is 11.7. The molecule has 0 fully saturated rings. The van der Waals surface area contributed by atoms with Gasteiger partial charge in [0.15, 0.2) is 0 Å². The van der Waals surface area contributed by atoms with Crippen molar-refractivity contribution in [1.82, 2.24) is 10.2 Å². The van der Waals surface area contributed by atoms with E-state index in [2.05, 4.69) is 5.32 Å². The van der Waals surface area contributed by atoms with Gasteiger partial charge >= 0.3 is 6.09 Å². The summed E-state index contributed by atoms with van der Waals surface area (Å²) in [6.07, 6.45) is -0.292. The highest BCUT2D eigenvalue weighted by Gasteiger charge is 2.23. The topological polar surface area (TPSA) is 41.6 Å². The molecule has 0 heterocycles. The number of rotatable bonds is 6. The van der Waals surface area contributed by atoms with Crippen LogP contribution >= 0.6 is 23.2 Å². The van der Waals surface area contributed by atoms with Crippen LogP contribution in [-0.2, 0) is 11.3 Å². The Morgan fingerprint density at radius 3 is 2.26 bits per heavy atom. The van der Waals surface area contributed by atoms with Gasteiger partial charge in [-0.2, -0.15) is 0 Å². The van der Waals surface area contributed by atoms with E-state index in [1.165, 1.54) is 0 Å². The summed E-state index contributed by atoms with van der Waals surface area (Å²) in [6, 6.07) is 5.52. The van der Waals surface area contributed by atoms with Crippen molar-refractivity contribution in [2.75, 3.05) is 13.1 Å². The molecule has 0 saturated carbocycles. The molecule has 0 unspecified atom stereocenters. The molecule has 0 atom stereocenters. The van der Waals surface area contributed by atoms with Crippen molar-refractivity contribution in [2.45, 2.75) is 52.8 Å². The molecular weight excluding hydrogens is 335 g/mol. The van der Waals surface area contributed by atoms with Gasteiger partial charge in [0.25, 0.3) is 0 Å². The first-order chi connectivity index (χ1) is 10.6.